The van der Waals surface area contributed by atoms with E-state index in [-0.39, 0.29) is 6.42 Å². The second-order valence-electron chi connectivity index (χ2n) is 4.65. The van der Waals surface area contributed by atoms with Gasteiger partial charge in [-0.3, -0.25) is 0 Å². The van der Waals surface area contributed by atoms with Crippen molar-refractivity contribution in [2.75, 3.05) is 13.6 Å². The highest BCUT2D eigenvalue weighted by molar-refractivity contribution is 5.14. The highest BCUT2D eigenvalue weighted by Crippen LogP contribution is 2.22. The minimum absolute atomic E-state index is 0.239. The molecule has 0 radical (unpaired) electrons. The summed E-state index contributed by atoms with van der Waals surface area (Å²) < 4.78 is 35.8. The van der Waals surface area contributed by atoms with Crippen molar-refractivity contribution in [2.45, 2.75) is 38.4 Å². The molecule has 102 valence electrons. The first-order valence-corrected chi connectivity index (χ1v) is 6.26. The van der Waals surface area contributed by atoms with E-state index in [9.17, 15) is 13.2 Å². The lowest BCUT2D eigenvalue weighted by molar-refractivity contribution is -0.135. The van der Waals surface area contributed by atoms with Crippen molar-refractivity contribution in [2.24, 2.45) is 0 Å². The zero-order valence-electron chi connectivity index (χ0n) is 10.7. The molecular formula is C14H20F3N. The summed E-state index contributed by atoms with van der Waals surface area (Å²) in [4.78, 5) is 2.14. The predicted molar refractivity (Wildman–Crippen MR) is 67.3 cm³/mol. The van der Waals surface area contributed by atoms with Crippen LogP contribution in [0.25, 0.3) is 0 Å². The van der Waals surface area contributed by atoms with Gasteiger partial charge in [0.1, 0.15) is 0 Å². The van der Waals surface area contributed by atoms with E-state index in [0.29, 0.717) is 6.42 Å². The summed E-state index contributed by atoms with van der Waals surface area (Å²) >= 11 is 0. The van der Waals surface area contributed by atoms with Crippen molar-refractivity contribution in [3.63, 3.8) is 0 Å². The maximum absolute atomic E-state index is 11.9. The van der Waals surface area contributed by atoms with Crippen LogP contribution in [0.15, 0.2) is 30.3 Å². The van der Waals surface area contributed by atoms with E-state index >= 15 is 0 Å². The van der Waals surface area contributed by atoms with E-state index in [2.05, 4.69) is 17.0 Å². The molecule has 0 amide bonds. The molecule has 0 N–H and O–H groups in total. The summed E-state index contributed by atoms with van der Waals surface area (Å²) in [5, 5.41) is 0. The van der Waals surface area contributed by atoms with Crippen LogP contribution in [0, 0.1) is 0 Å². The minimum Gasteiger partial charge on any atom is -0.302 e. The summed E-state index contributed by atoms with van der Waals surface area (Å²) in [6, 6.07) is 10.1. The molecule has 18 heavy (non-hydrogen) atoms. The lowest BCUT2D eigenvalue weighted by Gasteiger charge is -2.16. The van der Waals surface area contributed by atoms with Crippen LogP contribution in [-0.4, -0.2) is 24.7 Å². The first-order chi connectivity index (χ1) is 8.47. The number of alkyl halides is 3. The van der Waals surface area contributed by atoms with Crippen molar-refractivity contribution in [3.05, 3.63) is 35.9 Å². The Balaban J connectivity index is 2.09. The SMILES string of the molecule is CN(CCCCCC(F)(F)F)Cc1ccccc1. The van der Waals surface area contributed by atoms with Gasteiger partial charge in [-0.25, -0.2) is 0 Å². The highest BCUT2D eigenvalue weighted by atomic mass is 19.4. The summed E-state index contributed by atoms with van der Waals surface area (Å²) in [6.07, 6.45) is -2.97. The third-order valence-corrected chi connectivity index (χ3v) is 2.80. The van der Waals surface area contributed by atoms with Crippen LogP contribution in [0.4, 0.5) is 13.2 Å². The normalized spacial score (nSPS) is 12.1. The quantitative estimate of drug-likeness (QED) is 0.662. The van der Waals surface area contributed by atoms with Crippen molar-refractivity contribution in [3.8, 4) is 0 Å². The third kappa shape index (κ3) is 7.33. The molecule has 0 aliphatic carbocycles. The number of unbranched alkanes of at least 4 members (excludes halogenated alkanes) is 2. The smallest absolute Gasteiger partial charge is 0.302 e. The Bertz CT molecular complexity index is 322. The van der Waals surface area contributed by atoms with E-state index in [1.807, 2.05) is 25.2 Å². The van der Waals surface area contributed by atoms with E-state index < -0.39 is 12.6 Å². The van der Waals surface area contributed by atoms with Crippen molar-refractivity contribution < 1.29 is 13.2 Å². The summed E-state index contributed by atoms with van der Waals surface area (Å²) in [7, 11) is 2.00. The van der Waals surface area contributed by atoms with Gasteiger partial charge in [0.05, 0.1) is 0 Å². The Hall–Kier alpha value is -1.03. The van der Waals surface area contributed by atoms with Crippen LogP contribution in [0.5, 0.6) is 0 Å². The number of nitrogens with zero attached hydrogens (tertiary/aromatic N) is 1. The fraction of sp³-hybridized carbons (Fsp3) is 0.571. The fourth-order valence-corrected chi connectivity index (χ4v) is 1.86. The van der Waals surface area contributed by atoms with Gasteiger partial charge in [-0.2, -0.15) is 13.2 Å². The largest absolute Gasteiger partial charge is 0.389 e. The number of hydrogen-bond acceptors (Lipinski definition) is 1. The first-order valence-electron chi connectivity index (χ1n) is 6.26. The van der Waals surface area contributed by atoms with Gasteiger partial charge in [-0.15, -0.1) is 0 Å². The Morgan fingerprint density at radius 2 is 1.67 bits per heavy atom. The van der Waals surface area contributed by atoms with Gasteiger partial charge in [0.25, 0.3) is 0 Å². The zero-order chi connectivity index (χ0) is 13.4. The van der Waals surface area contributed by atoms with Crippen molar-refractivity contribution in [1.29, 1.82) is 0 Å². The molecule has 0 bridgehead atoms. The van der Waals surface area contributed by atoms with Gasteiger partial charge in [0.15, 0.2) is 0 Å². The van der Waals surface area contributed by atoms with Crippen LogP contribution in [0.1, 0.15) is 31.2 Å². The van der Waals surface area contributed by atoms with Gasteiger partial charge in [-0.1, -0.05) is 36.8 Å². The molecular weight excluding hydrogens is 239 g/mol. The monoisotopic (exact) mass is 259 g/mol. The van der Waals surface area contributed by atoms with Crippen molar-refractivity contribution in [1.82, 2.24) is 4.90 Å². The molecule has 0 aliphatic rings. The molecule has 0 aliphatic heterocycles. The number of rotatable bonds is 7. The summed E-state index contributed by atoms with van der Waals surface area (Å²) in [6.45, 7) is 1.69. The number of benzene rings is 1. The van der Waals surface area contributed by atoms with Gasteiger partial charge < -0.3 is 4.90 Å². The van der Waals surface area contributed by atoms with Gasteiger partial charge in [0, 0.05) is 13.0 Å². The molecule has 0 spiro atoms. The molecule has 0 aromatic heterocycles. The lowest BCUT2D eigenvalue weighted by Crippen LogP contribution is -2.19. The van der Waals surface area contributed by atoms with E-state index in [1.165, 1.54) is 5.56 Å². The van der Waals surface area contributed by atoms with Gasteiger partial charge in [-0.05, 0) is 32.0 Å². The van der Waals surface area contributed by atoms with Crippen LogP contribution in [0.3, 0.4) is 0 Å². The predicted octanol–water partition coefficient (Wildman–Crippen LogP) is 4.24. The van der Waals surface area contributed by atoms with Crippen LogP contribution in [0.2, 0.25) is 0 Å². The maximum atomic E-state index is 11.9. The van der Waals surface area contributed by atoms with Crippen LogP contribution < -0.4 is 0 Å². The Morgan fingerprint density at radius 1 is 1.00 bits per heavy atom. The molecule has 0 saturated heterocycles. The second kappa shape index (κ2) is 7.41. The number of halogens is 3. The average molecular weight is 259 g/mol. The van der Waals surface area contributed by atoms with E-state index in [0.717, 1.165) is 19.5 Å². The molecule has 0 fully saturated rings. The lowest BCUT2D eigenvalue weighted by atomic mass is 10.1. The van der Waals surface area contributed by atoms with Crippen LogP contribution in [-0.2, 0) is 6.54 Å². The topological polar surface area (TPSA) is 3.24 Å². The summed E-state index contributed by atoms with van der Waals surface area (Å²) in [5.74, 6) is 0. The second-order valence-corrected chi connectivity index (χ2v) is 4.65. The molecule has 1 nitrogen and oxygen atoms in total. The maximum Gasteiger partial charge on any atom is 0.389 e. The molecule has 4 heteroatoms. The number of hydrogen-bond donors (Lipinski definition) is 0. The Kier molecular flexibility index (Phi) is 6.19. The molecule has 1 aromatic carbocycles. The van der Waals surface area contributed by atoms with Gasteiger partial charge >= 0.3 is 6.18 Å². The molecule has 1 aromatic rings. The zero-order valence-corrected chi connectivity index (χ0v) is 10.7. The van der Waals surface area contributed by atoms with Crippen molar-refractivity contribution >= 4 is 0 Å². The summed E-state index contributed by atoms with van der Waals surface area (Å²) in [5.41, 5.74) is 1.23. The molecule has 1 rings (SSSR count). The third-order valence-electron chi connectivity index (χ3n) is 2.80. The minimum atomic E-state index is -4.00. The molecule has 0 unspecified atom stereocenters. The average Bonchev–Trinajstić information content (AvgIpc) is 2.28. The standard InChI is InChI=1S/C14H20F3N/c1-18(12-13-8-4-2-5-9-13)11-7-3-6-10-14(15,16)17/h2,4-5,8-9H,3,6-7,10-12H2,1H3. The highest BCUT2D eigenvalue weighted by Gasteiger charge is 2.25. The Morgan fingerprint density at radius 3 is 2.28 bits per heavy atom. The fourth-order valence-electron chi connectivity index (χ4n) is 1.86. The van der Waals surface area contributed by atoms with E-state index in [1.54, 1.807) is 0 Å². The van der Waals surface area contributed by atoms with Crippen LogP contribution >= 0.6 is 0 Å². The van der Waals surface area contributed by atoms with E-state index in [4.69, 9.17) is 0 Å². The first kappa shape index (κ1) is 15.0. The molecule has 0 heterocycles. The molecule has 0 atom stereocenters. The van der Waals surface area contributed by atoms with Gasteiger partial charge in [0.2, 0.25) is 0 Å². The Labute approximate surface area is 107 Å². The molecule has 0 saturated carbocycles.